The molecule has 0 radical (unpaired) electrons. The fourth-order valence-electron chi connectivity index (χ4n) is 1.87. The van der Waals surface area contributed by atoms with Crippen molar-refractivity contribution in [3.8, 4) is 0 Å². The number of ether oxygens (including phenoxy) is 1. The van der Waals surface area contributed by atoms with Crippen LogP contribution in [0.1, 0.15) is 24.6 Å². The predicted molar refractivity (Wildman–Crippen MR) is 73.3 cm³/mol. The molecule has 0 aromatic carbocycles. The van der Waals surface area contributed by atoms with Crippen molar-refractivity contribution in [1.82, 2.24) is 5.32 Å². The lowest BCUT2D eigenvalue weighted by molar-refractivity contribution is -0.139. The smallest absolute Gasteiger partial charge is 0.305 e. The van der Waals surface area contributed by atoms with Crippen molar-refractivity contribution in [2.24, 2.45) is 0 Å². The Bertz CT molecular complexity index is 418. The zero-order chi connectivity index (χ0) is 14.3. The first-order valence-electron chi connectivity index (χ1n) is 5.99. The number of nitrogens with one attached hydrogen (secondary N) is 1. The molecule has 0 spiro atoms. The highest BCUT2D eigenvalue weighted by molar-refractivity contribution is 7.09. The van der Waals surface area contributed by atoms with Crippen LogP contribution in [0.4, 0.5) is 0 Å². The van der Waals surface area contributed by atoms with Crippen LogP contribution >= 0.6 is 11.3 Å². The van der Waals surface area contributed by atoms with E-state index >= 15 is 0 Å². The molecule has 1 amide bonds. The summed E-state index contributed by atoms with van der Waals surface area (Å²) in [6, 6.07) is 3.92. The third kappa shape index (κ3) is 5.85. The molecule has 5 nitrogen and oxygen atoms in total. The minimum atomic E-state index is -0.960. The van der Waals surface area contributed by atoms with Gasteiger partial charge in [-0.2, -0.15) is 0 Å². The summed E-state index contributed by atoms with van der Waals surface area (Å²) >= 11 is 1.60. The molecule has 1 heterocycles. The van der Waals surface area contributed by atoms with Crippen LogP contribution in [0.25, 0.3) is 0 Å². The normalized spacial score (nSPS) is 13.8. The van der Waals surface area contributed by atoms with E-state index < -0.39 is 11.5 Å². The summed E-state index contributed by atoms with van der Waals surface area (Å²) in [5.41, 5.74) is -0.868. The first-order chi connectivity index (χ1) is 8.95. The fraction of sp³-hybridized carbons (Fsp3) is 0.538. The summed E-state index contributed by atoms with van der Waals surface area (Å²) in [6.45, 7) is 1.84. The van der Waals surface area contributed by atoms with Crippen molar-refractivity contribution in [2.75, 3.05) is 13.7 Å². The van der Waals surface area contributed by atoms with Gasteiger partial charge in [0.15, 0.2) is 0 Å². The van der Waals surface area contributed by atoms with E-state index in [1.165, 1.54) is 7.11 Å². The zero-order valence-corrected chi connectivity index (χ0v) is 12.0. The van der Waals surface area contributed by atoms with Crippen LogP contribution in [-0.4, -0.2) is 36.2 Å². The van der Waals surface area contributed by atoms with E-state index in [0.29, 0.717) is 12.8 Å². The molecule has 0 saturated heterocycles. The highest BCUT2D eigenvalue weighted by Gasteiger charge is 2.29. The molecule has 0 saturated carbocycles. The molecule has 1 aromatic heterocycles. The van der Waals surface area contributed by atoms with Gasteiger partial charge in [-0.3, -0.25) is 9.59 Å². The van der Waals surface area contributed by atoms with Crippen molar-refractivity contribution in [3.63, 3.8) is 0 Å². The summed E-state index contributed by atoms with van der Waals surface area (Å²) in [5.74, 6) is -1.12. The molecule has 6 heteroatoms. The van der Waals surface area contributed by atoms with E-state index in [0.717, 1.165) is 4.88 Å². The van der Waals surface area contributed by atoms with E-state index in [2.05, 4.69) is 5.32 Å². The van der Waals surface area contributed by atoms with Gasteiger partial charge in [0.25, 0.3) is 0 Å². The fourth-order valence-corrected chi connectivity index (χ4v) is 2.58. The van der Waals surface area contributed by atoms with Crippen molar-refractivity contribution < 1.29 is 19.4 Å². The summed E-state index contributed by atoms with van der Waals surface area (Å²) in [4.78, 5) is 23.8. The number of rotatable bonds is 8. The monoisotopic (exact) mass is 285 g/mol. The maximum Gasteiger partial charge on any atom is 0.305 e. The minimum Gasteiger partial charge on any atom is -0.481 e. The van der Waals surface area contributed by atoms with Crippen molar-refractivity contribution in [3.05, 3.63) is 22.4 Å². The molecule has 1 unspecified atom stereocenters. The number of amides is 1. The van der Waals surface area contributed by atoms with Gasteiger partial charge in [0.05, 0.1) is 18.6 Å². The quantitative estimate of drug-likeness (QED) is 0.762. The Morgan fingerprint density at radius 3 is 2.79 bits per heavy atom. The Kier molecular flexibility index (Phi) is 5.98. The molecule has 0 aliphatic heterocycles. The molecule has 0 aliphatic carbocycles. The van der Waals surface area contributed by atoms with Crippen LogP contribution in [0.3, 0.4) is 0 Å². The molecule has 1 atom stereocenters. The summed E-state index contributed by atoms with van der Waals surface area (Å²) in [5, 5.41) is 13.6. The van der Waals surface area contributed by atoms with Gasteiger partial charge in [0, 0.05) is 18.4 Å². The molecule has 106 valence electrons. The second-order valence-electron chi connectivity index (χ2n) is 4.69. The molecular weight excluding hydrogens is 266 g/mol. The van der Waals surface area contributed by atoms with Crippen LogP contribution < -0.4 is 5.32 Å². The zero-order valence-electron chi connectivity index (χ0n) is 11.1. The average Bonchev–Trinajstić information content (AvgIpc) is 2.77. The molecule has 0 aliphatic rings. The van der Waals surface area contributed by atoms with Gasteiger partial charge in [-0.1, -0.05) is 6.07 Å². The maximum absolute atomic E-state index is 11.9. The first-order valence-corrected chi connectivity index (χ1v) is 6.87. The van der Waals surface area contributed by atoms with Crippen LogP contribution in [0.5, 0.6) is 0 Å². The lowest BCUT2D eigenvalue weighted by Gasteiger charge is -2.28. The van der Waals surface area contributed by atoms with E-state index in [1.807, 2.05) is 17.5 Å². The number of carbonyl (C=O) groups is 2. The van der Waals surface area contributed by atoms with Crippen LogP contribution in [0, 0.1) is 0 Å². The first kappa shape index (κ1) is 15.7. The molecule has 1 aromatic rings. The van der Waals surface area contributed by atoms with Crippen molar-refractivity contribution in [1.29, 1.82) is 0 Å². The minimum absolute atomic E-state index is 0.158. The number of aliphatic carboxylic acids is 1. The van der Waals surface area contributed by atoms with Crippen molar-refractivity contribution >= 4 is 23.2 Å². The van der Waals surface area contributed by atoms with Gasteiger partial charge in [-0.05, 0) is 24.8 Å². The third-order valence-corrected chi connectivity index (χ3v) is 3.56. The molecule has 2 N–H and O–H groups in total. The number of carboxylic acid groups (broad SMARTS) is 1. The van der Waals surface area contributed by atoms with Crippen molar-refractivity contribution in [2.45, 2.75) is 31.7 Å². The number of aryl methyl sites for hydroxylation is 1. The molecular formula is C13H19NO4S. The third-order valence-electron chi connectivity index (χ3n) is 2.62. The predicted octanol–water partition coefficient (Wildman–Crippen LogP) is 1.68. The Morgan fingerprint density at radius 1 is 1.53 bits per heavy atom. The lowest BCUT2D eigenvalue weighted by atomic mass is 9.98. The highest BCUT2D eigenvalue weighted by atomic mass is 32.1. The van der Waals surface area contributed by atoms with E-state index in [-0.39, 0.29) is 18.9 Å². The second kappa shape index (κ2) is 7.25. The highest BCUT2D eigenvalue weighted by Crippen LogP contribution is 2.13. The standard InChI is InChI=1S/C13H19NO4S/c1-13(9-18-2,8-12(16)17)14-11(15)6-5-10-4-3-7-19-10/h3-4,7H,5-6,8-9H2,1-2H3,(H,14,15)(H,16,17). The topological polar surface area (TPSA) is 75.6 Å². The van der Waals surface area contributed by atoms with Crippen LogP contribution in [0.15, 0.2) is 17.5 Å². The van der Waals surface area contributed by atoms with E-state index in [4.69, 9.17) is 9.84 Å². The maximum atomic E-state index is 11.9. The summed E-state index contributed by atoms with van der Waals surface area (Å²) in [6.07, 6.45) is 0.852. The van der Waals surface area contributed by atoms with Gasteiger partial charge in [0.2, 0.25) is 5.91 Å². The van der Waals surface area contributed by atoms with Gasteiger partial charge < -0.3 is 15.2 Å². The van der Waals surface area contributed by atoms with Gasteiger partial charge in [-0.25, -0.2) is 0 Å². The SMILES string of the molecule is COCC(C)(CC(=O)O)NC(=O)CCc1cccs1. The van der Waals surface area contributed by atoms with Crippen LogP contribution in [0.2, 0.25) is 0 Å². The molecule has 0 bridgehead atoms. The number of carbonyl (C=O) groups excluding carboxylic acids is 1. The number of carboxylic acids is 1. The summed E-state index contributed by atoms with van der Waals surface area (Å²) in [7, 11) is 1.48. The molecule has 0 fully saturated rings. The number of hydrogen-bond acceptors (Lipinski definition) is 4. The molecule has 1 rings (SSSR count). The van der Waals surface area contributed by atoms with Crippen LogP contribution in [-0.2, 0) is 20.7 Å². The Hall–Kier alpha value is -1.40. The Morgan fingerprint density at radius 2 is 2.26 bits per heavy atom. The largest absolute Gasteiger partial charge is 0.481 e. The number of hydrogen-bond donors (Lipinski definition) is 2. The Labute approximate surface area is 116 Å². The van der Waals surface area contributed by atoms with E-state index in [1.54, 1.807) is 18.3 Å². The average molecular weight is 285 g/mol. The second-order valence-corrected chi connectivity index (χ2v) is 5.72. The van der Waals surface area contributed by atoms with Gasteiger partial charge in [0.1, 0.15) is 0 Å². The number of methoxy groups -OCH3 is 1. The molecule has 19 heavy (non-hydrogen) atoms. The lowest BCUT2D eigenvalue weighted by Crippen LogP contribution is -2.50. The number of thiophene rings is 1. The van der Waals surface area contributed by atoms with Gasteiger partial charge >= 0.3 is 5.97 Å². The van der Waals surface area contributed by atoms with Gasteiger partial charge in [-0.15, -0.1) is 11.3 Å². The van der Waals surface area contributed by atoms with E-state index in [9.17, 15) is 9.59 Å². The summed E-state index contributed by atoms with van der Waals surface area (Å²) < 4.78 is 4.98. The Balaban J connectivity index is 2.48.